The van der Waals surface area contributed by atoms with Crippen molar-refractivity contribution in [3.05, 3.63) is 59.4 Å². The maximum absolute atomic E-state index is 13.9. The van der Waals surface area contributed by atoms with Crippen molar-refractivity contribution in [2.45, 2.75) is 6.42 Å². The molecule has 0 spiro atoms. The van der Waals surface area contributed by atoms with Crippen molar-refractivity contribution in [3.8, 4) is 0 Å². The molecule has 3 rings (SSSR count). The summed E-state index contributed by atoms with van der Waals surface area (Å²) in [5.74, 6) is -1.72. The van der Waals surface area contributed by atoms with Crippen LogP contribution < -0.4 is 10.6 Å². The summed E-state index contributed by atoms with van der Waals surface area (Å²) in [6.07, 6.45) is 0.0513. The van der Waals surface area contributed by atoms with Gasteiger partial charge < -0.3 is 5.73 Å². The summed E-state index contributed by atoms with van der Waals surface area (Å²) >= 11 is 0. The fraction of sp³-hybridized carbons (Fsp3) is 0.0667. The Hall–Kier alpha value is -2.69. The summed E-state index contributed by atoms with van der Waals surface area (Å²) in [6, 6.07) is 10.9. The first-order chi connectivity index (χ1) is 9.59. The first-order valence-corrected chi connectivity index (χ1v) is 6.09. The van der Waals surface area contributed by atoms with Crippen molar-refractivity contribution in [1.82, 2.24) is 0 Å². The number of halogens is 1. The number of fused-ring (bicyclic) bond motifs is 1. The zero-order valence-corrected chi connectivity index (χ0v) is 10.5. The molecule has 100 valence electrons. The maximum Gasteiger partial charge on any atom is 0.265 e. The average molecular weight is 270 g/mol. The SMILES string of the molecule is Nc1cccc(F)c1N1C(=O)Cc2ccccc2C1=O. The van der Waals surface area contributed by atoms with Crippen molar-refractivity contribution in [2.24, 2.45) is 0 Å². The Labute approximate surface area is 114 Å². The van der Waals surface area contributed by atoms with Gasteiger partial charge in [-0.3, -0.25) is 9.59 Å². The second-order valence-electron chi connectivity index (χ2n) is 4.55. The van der Waals surface area contributed by atoms with Crippen LogP contribution in [0.5, 0.6) is 0 Å². The number of amides is 2. The molecule has 4 nitrogen and oxygen atoms in total. The zero-order chi connectivity index (χ0) is 14.3. The van der Waals surface area contributed by atoms with Gasteiger partial charge in [-0.05, 0) is 23.8 Å². The number of nitrogens with two attached hydrogens (primary N) is 1. The van der Waals surface area contributed by atoms with Crippen LogP contribution in [0.15, 0.2) is 42.5 Å². The number of para-hydroxylation sites is 1. The van der Waals surface area contributed by atoms with Gasteiger partial charge in [-0.15, -0.1) is 0 Å². The molecule has 0 aromatic heterocycles. The molecule has 2 aromatic rings. The van der Waals surface area contributed by atoms with Crippen molar-refractivity contribution in [3.63, 3.8) is 0 Å². The Bertz CT molecular complexity index is 707. The molecule has 20 heavy (non-hydrogen) atoms. The van der Waals surface area contributed by atoms with Crippen molar-refractivity contribution in [2.75, 3.05) is 10.6 Å². The van der Waals surface area contributed by atoms with Gasteiger partial charge in [0.25, 0.3) is 5.91 Å². The lowest BCUT2D eigenvalue weighted by molar-refractivity contribution is -0.117. The van der Waals surface area contributed by atoms with E-state index < -0.39 is 17.6 Å². The van der Waals surface area contributed by atoms with E-state index in [4.69, 9.17) is 5.73 Å². The van der Waals surface area contributed by atoms with Crippen LogP contribution >= 0.6 is 0 Å². The molecule has 5 heteroatoms. The normalized spacial score (nSPS) is 14.3. The van der Waals surface area contributed by atoms with Crippen LogP contribution in [0.25, 0.3) is 0 Å². The fourth-order valence-electron chi connectivity index (χ4n) is 2.35. The molecule has 0 aliphatic carbocycles. The van der Waals surface area contributed by atoms with Crippen molar-refractivity contribution < 1.29 is 14.0 Å². The number of benzene rings is 2. The Morgan fingerprint density at radius 1 is 1.05 bits per heavy atom. The number of hydrogen-bond donors (Lipinski definition) is 1. The lowest BCUT2D eigenvalue weighted by atomic mass is 9.98. The fourth-order valence-corrected chi connectivity index (χ4v) is 2.35. The highest BCUT2D eigenvalue weighted by Gasteiger charge is 2.34. The van der Waals surface area contributed by atoms with E-state index in [2.05, 4.69) is 0 Å². The first kappa shape index (κ1) is 12.3. The number of nitrogen functional groups attached to an aromatic ring is 1. The van der Waals surface area contributed by atoms with Gasteiger partial charge in [0.1, 0.15) is 11.5 Å². The Kier molecular flexibility index (Phi) is 2.75. The Morgan fingerprint density at radius 2 is 1.80 bits per heavy atom. The van der Waals surface area contributed by atoms with Crippen molar-refractivity contribution in [1.29, 1.82) is 0 Å². The van der Waals surface area contributed by atoms with E-state index in [0.717, 1.165) is 4.90 Å². The minimum absolute atomic E-state index is 0.0513. The molecule has 2 amide bonds. The van der Waals surface area contributed by atoms with E-state index in [0.29, 0.717) is 11.1 Å². The molecule has 1 aliphatic heterocycles. The van der Waals surface area contributed by atoms with Crippen LogP contribution in [0.4, 0.5) is 15.8 Å². The first-order valence-electron chi connectivity index (χ1n) is 6.09. The molecule has 0 saturated heterocycles. The van der Waals surface area contributed by atoms with Gasteiger partial charge in [0.2, 0.25) is 5.91 Å². The summed E-state index contributed by atoms with van der Waals surface area (Å²) in [7, 11) is 0. The topological polar surface area (TPSA) is 63.4 Å². The number of hydrogen-bond acceptors (Lipinski definition) is 3. The minimum Gasteiger partial charge on any atom is -0.397 e. The highest BCUT2D eigenvalue weighted by molar-refractivity contribution is 6.25. The highest BCUT2D eigenvalue weighted by Crippen LogP contribution is 2.31. The molecule has 0 fully saturated rings. The predicted octanol–water partition coefficient (Wildman–Crippen LogP) is 2.14. The molecule has 0 saturated carbocycles. The monoisotopic (exact) mass is 270 g/mol. The van der Waals surface area contributed by atoms with Crippen LogP contribution in [-0.4, -0.2) is 11.8 Å². The smallest absolute Gasteiger partial charge is 0.265 e. The summed E-state index contributed by atoms with van der Waals surface area (Å²) in [5, 5.41) is 0. The molecule has 0 bridgehead atoms. The Morgan fingerprint density at radius 3 is 2.55 bits per heavy atom. The zero-order valence-electron chi connectivity index (χ0n) is 10.5. The quantitative estimate of drug-likeness (QED) is 0.638. The van der Waals surface area contributed by atoms with Gasteiger partial charge >= 0.3 is 0 Å². The predicted molar refractivity (Wildman–Crippen MR) is 72.8 cm³/mol. The highest BCUT2D eigenvalue weighted by atomic mass is 19.1. The van der Waals surface area contributed by atoms with E-state index in [1.165, 1.54) is 18.2 Å². The molecular formula is C15H11FN2O2. The van der Waals surface area contributed by atoms with Crippen LogP contribution in [0.2, 0.25) is 0 Å². The summed E-state index contributed by atoms with van der Waals surface area (Å²) in [4.78, 5) is 25.4. The third-order valence-corrected chi connectivity index (χ3v) is 3.28. The third kappa shape index (κ3) is 1.75. The second-order valence-corrected chi connectivity index (χ2v) is 4.55. The van der Waals surface area contributed by atoms with Crippen molar-refractivity contribution >= 4 is 23.2 Å². The lowest BCUT2D eigenvalue weighted by Crippen LogP contribution is -2.43. The van der Waals surface area contributed by atoms with Crippen LogP contribution in [0.1, 0.15) is 15.9 Å². The molecule has 0 unspecified atom stereocenters. The lowest BCUT2D eigenvalue weighted by Gasteiger charge is -2.27. The van der Waals surface area contributed by atoms with Gasteiger partial charge in [-0.25, -0.2) is 9.29 Å². The van der Waals surface area contributed by atoms with E-state index in [1.54, 1.807) is 24.3 Å². The molecule has 1 aliphatic rings. The minimum atomic E-state index is -0.689. The number of carbonyl (C=O) groups excluding carboxylic acids is 2. The Balaban J connectivity index is 2.17. The van der Waals surface area contributed by atoms with Crippen LogP contribution in [0.3, 0.4) is 0 Å². The number of nitrogens with zero attached hydrogens (tertiary/aromatic N) is 1. The maximum atomic E-state index is 13.9. The summed E-state index contributed by atoms with van der Waals surface area (Å²) < 4.78 is 13.9. The van der Waals surface area contributed by atoms with E-state index in [-0.39, 0.29) is 17.8 Å². The molecular weight excluding hydrogens is 259 g/mol. The van der Waals surface area contributed by atoms with E-state index in [9.17, 15) is 14.0 Å². The van der Waals surface area contributed by atoms with Gasteiger partial charge in [-0.1, -0.05) is 24.3 Å². The summed E-state index contributed by atoms with van der Waals surface area (Å²) in [5.41, 5.74) is 6.65. The van der Waals surface area contributed by atoms with Gasteiger partial charge in [0, 0.05) is 5.56 Å². The third-order valence-electron chi connectivity index (χ3n) is 3.28. The number of imide groups is 1. The van der Waals surface area contributed by atoms with E-state index in [1.807, 2.05) is 0 Å². The molecule has 2 aromatic carbocycles. The van der Waals surface area contributed by atoms with E-state index >= 15 is 0 Å². The number of carbonyl (C=O) groups is 2. The molecule has 0 radical (unpaired) electrons. The standard InChI is InChI=1S/C15H11FN2O2/c16-11-6-3-7-12(17)14(11)18-13(19)8-9-4-1-2-5-10(9)15(18)20/h1-7H,8,17H2. The number of anilines is 2. The van der Waals surface area contributed by atoms with Gasteiger partial charge in [0.05, 0.1) is 12.1 Å². The summed E-state index contributed by atoms with van der Waals surface area (Å²) in [6.45, 7) is 0. The van der Waals surface area contributed by atoms with Gasteiger partial charge in [0.15, 0.2) is 0 Å². The van der Waals surface area contributed by atoms with Gasteiger partial charge in [-0.2, -0.15) is 0 Å². The molecule has 2 N–H and O–H groups in total. The van der Waals surface area contributed by atoms with Crippen LogP contribution in [-0.2, 0) is 11.2 Å². The van der Waals surface area contributed by atoms with Crippen LogP contribution in [0, 0.1) is 5.82 Å². The number of rotatable bonds is 1. The molecule has 0 atom stereocenters. The molecule has 1 heterocycles. The second kappa shape index (κ2) is 4.45. The average Bonchev–Trinajstić information content (AvgIpc) is 2.42. The largest absolute Gasteiger partial charge is 0.397 e.